The lowest BCUT2D eigenvalue weighted by Gasteiger charge is -2.02. The van der Waals surface area contributed by atoms with Crippen LogP contribution in [0.25, 0.3) is 0 Å². The summed E-state index contributed by atoms with van der Waals surface area (Å²) in [6.45, 7) is 3.25. The van der Waals surface area contributed by atoms with Crippen molar-refractivity contribution in [2.75, 3.05) is 13.2 Å². The standard InChI is InChI=1S/C14H24O3/c1-2-3-4-5-6-7-8-9-10-14(15)17-12-13-11-16-13/h2-3,13H,4-12H2,1H3/b3-2+. The molecule has 1 aliphatic heterocycles. The SMILES string of the molecule is C/C=C/CCCCCCCC(=O)OCC1CO1. The van der Waals surface area contributed by atoms with Gasteiger partial charge < -0.3 is 9.47 Å². The maximum absolute atomic E-state index is 11.3. The molecule has 0 amide bonds. The molecule has 1 heterocycles. The van der Waals surface area contributed by atoms with Crippen LogP contribution < -0.4 is 0 Å². The van der Waals surface area contributed by atoms with Crippen LogP contribution in [0.5, 0.6) is 0 Å². The van der Waals surface area contributed by atoms with Gasteiger partial charge in [0.25, 0.3) is 0 Å². The molecule has 1 aliphatic rings. The fourth-order valence-electron chi connectivity index (χ4n) is 1.65. The number of esters is 1. The molecule has 3 heteroatoms. The smallest absolute Gasteiger partial charge is 0.305 e. The van der Waals surface area contributed by atoms with Crippen LogP contribution in [-0.4, -0.2) is 25.3 Å². The van der Waals surface area contributed by atoms with Crippen molar-refractivity contribution >= 4 is 5.97 Å². The van der Waals surface area contributed by atoms with Crippen LogP contribution in [0.2, 0.25) is 0 Å². The molecule has 1 fully saturated rings. The van der Waals surface area contributed by atoms with Crippen molar-refractivity contribution in [3.63, 3.8) is 0 Å². The van der Waals surface area contributed by atoms with E-state index in [9.17, 15) is 4.79 Å². The normalized spacial score (nSPS) is 18.5. The molecule has 0 aromatic rings. The number of allylic oxidation sites excluding steroid dienone is 2. The highest BCUT2D eigenvalue weighted by molar-refractivity contribution is 5.69. The Balaban J connectivity index is 1.77. The molecule has 0 radical (unpaired) electrons. The molecule has 1 atom stereocenters. The predicted octanol–water partition coefficient (Wildman–Crippen LogP) is 3.24. The van der Waals surface area contributed by atoms with Gasteiger partial charge in [0.1, 0.15) is 12.7 Å². The first-order valence-corrected chi connectivity index (χ1v) is 6.71. The van der Waals surface area contributed by atoms with Crippen molar-refractivity contribution in [3.05, 3.63) is 12.2 Å². The maximum atomic E-state index is 11.3. The highest BCUT2D eigenvalue weighted by Crippen LogP contribution is 2.11. The van der Waals surface area contributed by atoms with Gasteiger partial charge in [0, 0.05) is 6.42 Å². The third-order valence-electron chi connectivity index (χ3n) is 2.82. The molecule has 1 saturated heterocycles. The van der Waals surface area contributed by atoms with Gasteiger partial charge in [-0.3, -0.25) is 4.79 Å². The molecular formula is C14H24O3. The maximum Gasteiger partial charge on any atom is 0.305 e. The van der Waals surface area contributed by atoms with Gasteiger partial charge in [0.15, 0.2) is 0 Å². The van der Waals surface area contributed by atoms with E-state index < -0.39 is 0 Å². The summed E-state index contributed by atoms with van der Waals surface area (Å²) in [6.07, 6.45) is 12.0. The third-order valence-corrected chi connectivity index (χ3v) is 2.82. The summed E-state index contributed by atoms with van der Waals surface area (Å²) in [6, 6.07) is 0. The quantitative estimate of drug-likeness (QED) is 0.255. The van der Waals surface area contributed by atoms with E-state index in [1.165, 1.54) is 25.7 Å². The lowest BCUT2D eigenvalue weighted by atomic mass is 10.1. The Morgan fingerprint density at radius 2 is 2.00 bits per heavy atom. The summed E-state index contributed by atoms with van der Waals surface area (Å²) < 4.78 is 10.0. The minimum Gasteiger partial charge on any atom is -0.463 e. The van der Waals surface area contributed by atoms with Crippen LogP contribution in [0.4, 0.5) is 0 Å². The zero-order chi connectivity index (χ0) is 12.3. The van der Waals surface area contributed by atoms with Crippen molar-refractivity contribution in [2.45, 2.75) is 58.0 Å². The van der Waals surface area contributed by atoms with E-state index in [1.54, 1.807) is 0 Å². The number of ether oxygens (including phenoxy) is 2. The summed E-state index contributed by atoms with van der Waals surface area (Å²) in [5, 5.41) is 0. The first kappa shape index (κ1) is 14.2. The van der Waals surface area contributed by atoms with Crippen LogP contribution in [0.1, 0.15) is 51.9 Å². The van der Waals surface area contributed by atoms with Gasteiger partial charge in [-0.15, -0.1) is 0 Å². The Hall–Kier alpha value is -0.830. The Kier molecular flexibility index (Phi) is 7.72. The molecule has 0 aromatic heterocycles. The second-order valence-corrected chi connectivity index (χ2v) is 4.51. The predicted molar refractivity (Wildman–Crippen MR) is 67.8 cm³/mol. The summed E-state index contributed by atoms with van der Waals surface area (Å²) in [5.41, 5.74) is 0. The van der Waals surface area contributed by atoms with Crippen LogP contribution in [0.3, 0.4) is 0 Å². The van der Waals surface area contributed by atoms with Gasteiger partial charge in [-0.05, 0) is 26.2 Å². The minimum absolute atomic E-state index is 0.0746. The topological polar surface area (TPSA) is 38.8 Å². The summed E-state index contributed by atoms with van der Waals surface area (Å²) in [4.78, 5) is 11.3. The highest BCUT2D eigenvalue weighted by atomic mass is 16.6. The number of carbonyl (C=O) groups is 1. The highest BCUT2D eigenvalue weighted by Gasteiger charge is 2.23. The number of hydrogen-bond donors (Lipinski definition) is 0. The Morgan fingerprint density at radius 1 is 1.29 bits per heavy atom. The lowest BCUT2D eigenvalue weighted by Crippen LogP contribution is -2.09. The van der Waals surface area contributed by atoms with Gasteiger partial charge in [0.2, 0.25) is 0 Å². The molecule has 98 valence electrons. The number of rotatable bonds is 10. The fourth-order valence-corrected chi connectivity index (χ4v) is 1.65. The molecule has 0 aliphatic carbocycles. The van der Waals surface area contributed by atoms with Gasteiger partial charge in [0.05, 0.1) is 6.61 Å². The Bertz CT molecular complexity index is 232. The molecule has 0 aromatic carbocycles. The lowest BCUT2D eigenvalue weighted by molar-refractivity contribution is -0.144. The van der Waals surface area contributed by atoms with Crippen molar-refractivity contribution in [3.8, 4) is 0 Å². The van der Waals surface area contributed by atoms with Crippen LogP contribution in [0, 0.1) is 0 Å². The van der Waals surface area contributed by atoms with E-state index in [2.05, 4.69) is 19.1 Å². The Morgan fingerprint density at radius 3 is 2.71 bits per heavy atom. The average Bonchev–Trinajstić information content (AvgIpc) is 3.14. The molecule has 3 nitrogen and oxygen atoms in total. The summed E-state index contributed by atoms with van der Waals surface area (Å²) >= 11 is 0. The molecule has 0 spiro atoms. The molecule has 1 unspecified atom stereocenters. The molecule has 17 heavy (non-hydrogen) atoms. The van der Waals surface area contributed by atoms with Crippen LogP contribution in [-0.2, 0) is 14.3 Å². The van der Waals surface area contributed by atoms with E-state index in [0.29, 0.717) is 13.0 Å². The zero-order valence-electron chi connectivity index (χ0n) is 10.8. The number of carbonyl (C=O) groups excluding carboxylic acids is 1. The largest absolute Gasteiger partial charge is 0.463 e. The van der Waals surface area contributed by atoms with Gasteiger partial charge in [-0.2, -0.15) is 0 Å². The van der Waals surface area contributed by atoms with Gasteiger partial charge in [-0.1, -0.05) is 31.4 Å². The fraction of sp³-hybridized carbons (Fsp3) is 0.786. The number of unbranched alkanes of at least 4 members (excludes halogenated alkanes) is 5. The third kappa shape index (κ3) is 8.93. The minimum atomic E-state index is -0.0746. The molecule has 0 saturated carbocycles. The molecule has 0 bridgehead atoms. The molecular weight excluding hydrogens is 216 g/mol. The van der Waals surface area contributed by atoms with Crippen LogP contribution in [0.15, 0.2) is 12.2 Å². The van der Waals surface area contributed by atoms with Gasteiger partial charge >= 0.3 is 5.97 Å². The molecule has 1 rings (SSSR count). The van der Waals surface area contributed by atoms with E-state index >= 15 is 0 Å². The van der Waals surface area contributed by atoms with Crippen molar-refractivity contribution in [2.24, 2.45) is 0 Å². The Labute approximate surface area is 104 Å². The number of epoxide rings is 1. The van der Waals surface area contributed by atoms with E-state index in [-0.39, 0.29) is 12.1 Å². The van der Waals surface area contributed by atoms with E-state index in [0.717, 1.165) is 19.4 Å². The monoisotopic (exact) mass is 240 g/mol. The summed E-state index contributed by atoms with van der Waals surface area (Å²) in [7, 11) is 0. The van der Waals surface area contributed by atoms with E-state index in [1.807, 2.05) is 0 Å². The average molecular weight is 240 g/mol. The first-order valence-electron chi connectivity index (χ1n) is 6.71. The molecule has 0 N–H and O–H groups in total. The second-order valence-electron chi connectivity index (χ2n) is 4.51. The number of hydrogen-bond acceptors (Lipinski definition) is 3. The summed E-state index contributed by atoms with van der Waals surface area (Å²) in [5.74, 6) is -0.0746. The first-order chi connectivity index (χ1) is 8.33. The second kappa shape index (κ2) is 9.23. The van der Waals surface area contributed by atoms with E-state index in [4.69, 9.17) is 9.47 Å². The van der Waals surface area contributed by atoms with Crippen molar-refractivity contribution in [1.29, 1.82) is 0 Å². The van der Waals surface area contributed by atoms with Crippen molar-refractivity contribution in [1.82, 2.24) is 0 Å². The van der Waals surface area contributed by atoms with Crippen molar-refractivity contribution < 1.29 is 14.3 Å². The van der Waals surface area contributed by atoms with Crippen LogP contribution >= 0.6 is 0 Å². The zero-order valence-corrected chi connectivity index (χ0v) is 10.8. The van der Waals surface area contributed by atoms with Gasteiger partial charge in [-0.25, -0.2) is 0 Å².